The molecule has 0 bridgehead atoms. The van der Waals surface area contributed by atoms with Crippen LogP contribution in [0.2, 0.25) is 5.02 Å². The van der Waals surface area contributed by atoms with Gasteiger partial charge in [-0.25, -0.2) is 14.3 Å². The highest BCUT2D eigenvalue weighted by Crippen LogP contribution is 2.28. The smallest absolute Gasteiger partial charge is 0.346 e. The minimum absolute atomic E-state index is 0.0290. The van der Waals surface area contributed by atoms with Gasteiger partial charge in [0.15, 0.2) is 0 Å². The number of hydrogen-bond donors (Lipinski definition) is 1. The van der Waals surface area contributed by atoms with Gasteiger partial charge in [0.2, 0.25) is 0 Å². The van der Waals surface area contributed by atoms with Crippen molar-refractivity contribution in [3.8, 4) is 5.75 Å². The summed E-state index contributed by atoms with van der Waals surface area (Å²) in [7, 11) is 0. The Kier molecular flexibility index (Phi) is 7.18. The quantitative estimate of drug-likeness (QED) is 0.471. The van der Waals surface area contributed by atoms with Crippen molar-refractivity contribution in [2.75, 3.05) is 0 Å². The number of carboxylic acids is 1. The van der Waals surface area contributed by atoms with E-state index in [1.165, 1.54) is 6.07 Å². The molecular formula is C25H28ClN3O4. The average molecular weight is 470 g/mol. The van der Waals surface area contributed by atoms with E-state index in [1.54, 1.807) is 21.4 Å². The van der Waals surface area contributed by atoms with E-state index in [4.69, 9.17) is 16.3 Å². The second-order valence-corrected chi connectivity index (χ2v) is 8.81. The highest BCUT2D eigenvalue weighted by atomic mass is 35.5. The summed E-state index contributed by atoms with van der Waals surface area (Å²) in [4.78, 5) is 24.3. The fraction of sp³-hybridized carbons (Fsp3) is 0.400. The highest BCUT2D eigenvalue weighted by molar-refractivity contribution is 6.34. The third kappa shape index (κ3) is 5.14. The number of rotatable bonds is 9. The first-order valence-corrected chi connectivity index (χ1v) is 11.8. The van der Waals surface area contributed by atoms with Crippen molar-refractivity contribution >= 4 is 17.6 Å². The summed E-state index contributed by atoms with van der Waals surface area (Å²) >= 11 is 6.19. The molecule has 1 aliphatic carbocycles. The van der Waals surface area contributed by atoms with E-state index in [-0.39, 0.29) is 28.9 Å². The van der Waals surface area contributed by atoms with Gasteiger partial charge in [-0.2, -0.15) is 5.10 Å². The Morgan fingerprint density at radius 2 is 1.91 bits per heavy atom. The maximum absolute atomic E-state index is 13.1. The monoisotopic (exact) mass is 469 g/mol. The molecule has 1 saturated carbocycles. The summed E-state index contributed by atoms with van der Waals surface area (Å²) in [6.07, 6.45) is 6.05. The van der Waals surface area contributed by atoms with E-state index >= 15 is 0 Å². The fourth-order valence-corrected chi connectivity index (χ4v) is 4.56. The second kappa shape index (κ2) is 10.3. The summed E-state index contributed by atoms with van der Waals surface area (Å²) in [5.74, 6) is 0.404. The topological polar surface area (TPSA) is 86.4 Å². The van der Waals surface area contributed by atoms with E-state index in [0.717, 1.165) is 49.9 Å². The molecule has 0 aliphatic heterocycles. The molecule has 3 aromatic rings. The Labute approximate surface area is 197 Å². The molecule has 1 heterocycles. The zero-order valence-corrected chi connectivity index (χ0v) is 19.4. The molecule has 0 atom stereocenters. The largest absolute Gasteiger partial charge is 0.489 e. The highest BCUT2D eigenvalue weighted by Gasteiger charge is 2.23. The number of aromatic carboxylic acids is 1. The van der Waals surface area contributed by atoms with Crippen molar-refractivity contribution < 1.29 is 14.6 Å². The summed E-state index contributed by atoms with van der Waals surface area (Å²) in [5.41, 5.74) is 1.62. The molecule has 1 aliphatic rings. The first-order valence-electron chi connectivity index (χ1n) is 11.4. The molecule has 8 heteroatoms. The Morgan fingerprint density at radius 3 is 2.58 bits per heavy atom. The Bertz CT molecular complexity index is 1180. The minimum atomic E-state index is -1.07. The lowest BCUT2D eigenvalue weighted by Crippen LogP contribution is -2.28. The summed E-state index contributed by atoms with van der Waals surface area (Å²) in [6, 6.07) is 12.6. The van der Waals surface area contributed by atoms with Crippen LogP contribution < -0.4 is 10.4 Å². The van der Waals surface area contributed by atoms with Gasteiger partial charge in [-0.1, -0.05) is 55.6 Å². The van der Waals surface area contributed by atoms with Crippen LogP contribution in [0.4, 0.5) is 0 Å². The SMILES string of the molecule is CCCc1nn(C2CCCC2)c(=O)n1Cc1ccc(OCc2cccc(C(=O)O)c2Cl)cc1. The third-order valence-corrected chi connectivity index (χ3v) is 6.52. The Hall–Kier alpha value is -3.06. The van der Waals surface area contributed by atoms with Crippen LogP contribution in [0.15, 0.2) is 47.3 Å². The lowest BCUT2D eigenvalue weighted by molar-refractivity contribution is 0.0697. The van der Waals surface area contributed by atoms with Crippen molar-refractivity contribution in [2.24, 2.45) is 0 Å². The van der Waals surface area contributed by atoms with Gasteiger partial charge >= 0.3 is 11.7 Å². The van der Waals surface area contributed by atoms with Gasteiger partial charge in [-0.3, -0.25) is 4.57 Å². The zero-order valence-electron chi connectivity index (χ0n) is 18.7. The number of hydrogen-bond acceptors (Lipinski definition) is 4. The van der Waals surface area contributed by atoms with Crippen LogP contribution in [0.5, 0.6) is 5.75 Å². The molecule has 1 aromatic heterocycles. The van der Waals surface area contributed by atoms with E-state index < -0.39 is 5.97 Å². The van der Waals surface area contributed by atoms with Crippen LogP contribution in [0.3, 0.4) is 0 Å². The van der Waals surface area contributed by atoms with Crippen molar-refractivity contribution in [1.82, 2.24) is 14.3 Å². The predicted molar refractivity (Wildman–Crippen MR) is 126 cm³/mol. The normalized spacial score (nSPS) is 14.0. The molecule has 0 saturated heterocycles. The number of benzene rings is 2. The van der Waals surface area contributed by atoms with Crippen LogP contribution in [-0.4, -0.2) is 25.4 Å². The van der Waals surface area contributed by atoms with E-state index in [2.05, 4.69) is 12.0 Å². The van der Waals surface area contributed by atoms with Crippen molar-refractivity contribution in [3.05, 3.63) is 80.5 Å². The number of aromatic nitrogens is 3. The molecule has 1 N–H and O–H groups in total. The maximum Gasteiger partial charge on any atom is 0.346 e. The molecule has 33 heavy (non-hydrogen) atoms. The zero-order chi connectivity index (χ0) is 23.4. The number of ether oxygens (including phenoxy) is 1. The van der Waals surface area contributed by atoms with E-state index in [1.807, 2.05) is 24.3 Å². The van der Waals surface area contributed by atoms with E-state index in [9.17, 15) is 14.7 Å². The lowest BCUT2D eigenvalue weighted by atomic mass is 10.1. The van der Waals surface area contributed by atoms with Crippen molar-refractivity contribution in [1.29, 1.82) is 0 Å². The van der Waals surface area contributed by atoms with Crippen molar-refractivity contribution in [2.45, 2.75) is 64.6 Å². The van der Waals surface area contributed by atoms with Crippen LogP contribution in [-0.2, 0) is 19.6 Å². The van der Waals surface area contributed by atoms with Crippen LogP contribution in [0.1, 0.15) is 72.4 Å². The van der Waals surface area contributed by atoms with Gasteiger partial charge in [0.25, 0.3) is 0 Å². The van der Waals surface area contributed by atoms with Gasteiger partial charge in [-0.05, 0) is 43.0 Å². The minimum Gasteiger partial charge on any atom is -0.489 e. The molecule has 0 spiro atoms. The number of halogens is 1. The number of carboxylic acid groups (broad SMARTS) is 1. The fourth-order valence-electron chi connectivity index (χ4n) is 4.30. The number of nitrogens with zero attached hydrogens (tertiary/aromatic N) is 3. The van der Waals surface area contributed by atoms with Crippen LogP contribution in [0.25, 0.3) is 0 Å². The number of carbonyl (C=O) groups is 1. The van der Waals surface area contributed by atoms with E-state index in [0.29, 0.717) is 17.9 Å². The van der Waals surface area contributed by atoms with Gasteiger partial charge < -0.3 is 9.84 Å². The van der Waals surface area contributed by atoms with Crippen molar-refractivity contribution in [3.63, 3.8) is 0 Å². The Balaban J connectivity index is 1.47. The number of aryl methyl sites for hydroxylation is 1. The molecule has 2 aromatic carbocycles. The summed E-state index contributed by atoms with van der Waals surface area (Å²) < 4.78 is 9.29. The van der Waals surface area contributed by atoms with Gasteiger partial charge in [-0.15, -0.1) is 0 Å². The van der Waals surface area contributed by atoms with Gasteiger partial charge in [0, 0.05) is 12.0 Å². The molecule has 174 valence electrons. The molecule has 0 unspecified atom stereocenters. The van der Waals surface area contributed by atoms with Gasteiger partial charge in [0.05, 0.1) is 23.2 Å². The van der Waals surface area contributed by atoms with Crippen LogP contribution >= 0.6 is 11.6 Å². The van der Waals surface area contributed by atoms with Gasteiger partial charge in [0.1, 0.15) is 18.2 Å². The average Bonchev–Trinajstić information content (AvgIpc) is 3.43. The standard InChI is InChI=1S/C25H28ClN3O4/c1-2-6-22-27-29(19-8-3-4-9-19)25(32)28(22)15-17-11-13-20(14-12-17)33-16-18-7-5-10-21(23(18)26)24(30)31/h5,7,10-14,19H,2-4,6,8-9,15-16H2,1H3,(H,30,31). The molecular weight excluding hydrogens is 442 g/mol. The second-order valence-electron chi connectivity index (χ2n) is 8.43. The molecule has 7 nitrogen and oxygen atoms in total. The first kappa shape index (κ1) is 23.1. The molecule has 4 rings (SSSR count). The lowest BCUT2D eigenvalue weighted by Gasteiger charge is -2.10. The summed E-state index contributed by atoms with van der Waals surface area (Å²) in [5, 5.41) is 14.1. The molecule has 0 amide bonds. The Morgan fingerprint density at radius 1 is 1.18 bits per heavy atom. The third-order valence-electron chi connectivity index (χ3n) is 6.07. The first-order chi connectivity index (χ1) is 16.0. The summed E-state index contributed by atoms with van der Waals surface area (Å²) in [6.45, 7) is 2.72. The molecule has 1 fully saturated rings. The molecule has 0 radical (unpaired) electrons. The van der Waals surface area contributed by atoms with Crippen LogP contribution in [0, 0.1) is 0 Å². The predicted octanol–water partition coefficient (Wildman–Crippen LogP) is 5.09. The maximum atomic E-state index is 13.1.